The molecule has 0 radical (unpaired) electrons. The van der Waals surface area contributed by atoms with Crippen molar-refractivity contribution >= 4 is 48.6 Å². The molecule has 0 N–H and O–H groups in total. The van der Waals surface area contributed by atoms with Crippen LogP contribution in [0.4, 0.5) is 0 Å². The number of hydrogen-bond donors (Lipinski definition) is 0. The highest BCUT2D eigenvalue weighted by Gasteiger charge is 2.16. The second-order valence-electron chi connectivity index (χ2n) is 5.84. The van der Waals surface area contributed by atoms with Gasteiger partial charge in [-0.3, -0.25) is 0 Å². The summed E-state index contributed by atoms with van der Waals surface area (Å²) in [7, 11) is -0.483. The first kappa shape index (κ1) is 20.7. The van der Waals surface area contributed by atoms with Crippen LogP contribution in [0.25, 0.3) is 0 Å². The van der Waals surface area contributed by atoms with Crippen molar-refractivity contribution < 1.29 is 0 Å². The molecule has 24 heavy (non-hydrogen) atoms. The van der Waals surface area contributed by atoms with E-state index in [1.165, 1.54) is 32.6 Å². The second kappa shape index (κ2) is 9.23. The van der Waals surface area contributed by atoms with Crippen LogP contribution in [0.15, 0.2) is 72.8 Å². The van der Waals surface area contributed by atoms with E-state index in [0.29, 0.717) is 0 Å². The van der Waals surface area contributed by atoms with Gasteiger partial charge in [0.05, 0.1) is 0 Å². The molecule has 0 aromatic heterocycles. The Bertz CT molecular complexity index is 639. The summed E-state index contributed by atoms with van der Waals surface area (Å²) in [5.74, 6) is 0. The summed E-state index contributed by atoms with van der Waals surface area (Å²) in [5, 5.41) is 4.23. The highest BCUT2D eigenvalue weighted by Crippen LogP contribution is 2.32. The van der Waals surface area contributed by atoms with Gasteiger partial charge in [-0.1, -0.05) is 89.5 Å². The molecule has 3 heteroatoms. The summed E-state index contributed by atoms with van der Waals surface area (Å²) < 4.78 is 0. The summed E-state index contributed by atoms with van der Waals surface area (Å²) in [5.41, 5.74) is 3.93. The third-order valence-corrected chi connectivity index (χ3v) is 6.32. The van der Waals surface area contributed by atoms with Crippen LogP contribution in [0.2, 0.25) is 0 Å². The first-order valence-corrected chi connectivity index (χ1v) is 8.98. The van der Waals surface area contributed by atoms with Crippen molar-refractivity contribution in [2.75, 3.05) is 0 Å². The molecule has 0 unspecified atom stereocenters. The van der Waals surface area contributed by atoms with Gasteiger partial charge >= 0.3 is 0 Å². The van der Waals surface area contributed by atoms with E-state index in [9.17, 15) is 0 Å². The number of aryl methyl sites for hydroxylation is 3. The van der Waals surface area contributed by atoms with Gasteiger partial charge in [0.1, 0.15) is 0 Å². The van der Waals surface area contributed by atoms with Gasteiger partial charge in [0.15, 0.2) is 0 Å². The van der Waals surface area contributed by atoms with Gasteiger partial charge < -0.3 is 0 Å². The SMILES string of the molecule is Cc1ccc(P(c2ccc(C)cc2)c2ccc(C)cc2)cc1.Cl.Cl. The molecule has 0 saturated carbocycles. The van der Waals surface area contributed by atoms with Crippen LogP contribution < -0.4 is 15.9 Å². The zero-order chi connectivity index (χ0) is 15.5. The van der Waals surface area contributed by atoms with Gasteiger partial charge in [0.25, 0.3) is 0 Å². The minimum absolute atomic E-state index is 0. The summed E-state index contributed by atoms with van der Waals surface area (Å²) in [6.07, 6.45) is 0. The van der Waals surface area contributed by atoms with Gasteiger partial charge in [-0.25, -0.2) is 0 Å². The minimum Gasteiger partial charge on any atom is -0.147 e. The minimum atomic E-state index is -0.483. The number of hydrogen-bond acceptors (Lipinski definition) is 0. The van der Waals surface area contributed by atoms with Gasteiger partial charge in [0.2, 0.25) is 0 Å². The van der Waals surface area contributed by atoms with Crippen molar-refractivity contribution in [3.8, 4) is 0 Å². The standard InChI is InChI=1S/C21H21P.2ClH/c1-16-4-10-19(11-5-16)22(20-12-6-17(2)7-13-20)21-14-8-18(3)9-15-21;;/h4-15H,1-3H3;2*1H. The van der Waals surface area contributed by atoms with Gasteiger partial charge in [-0.15, -0.1) is 24.8 Å². The van der Waals surface area contributed by atoms with Crippen LogP contribution in [0.3, 0.4) is 0 Å². The molecule has 0 aliphatic rings. The lowest BCUT2D eigenvalue weighted by Gasteiger charge is -2.20. The average Bonchev–Trinajstić information content (AvgIpc) is 2.53. The average molecular weight is 377 g/mol. The largest absolute Gasteiger partial charge is 0.147 e. The summed E-state index contributed by atoms with van der Waals surface area (Å²) in [4.78, 5) is 0. The molecular weight excluding hydrogens is 354 g/mol. The Hall–Kier alpha value is -1.33. The molecule has 126 valence electrons. The summed E-state index contributed by atoms with van der Waals surface area (Å²) >= 11 is 0. The lowest BCUT2D eigenvalue weighted by atomic mass is 10.2. The topological polar surface area (TPSA) is 0 Å². The summed E-state index contributed by atoms with van der Waals surface area (Å²) in [6.45, 7) is 6.43. The molecule has 0 atom stereocenters. The smallest absolute Gasteiger partial charge is 0.0134 e. The van der Waals surface area contributed by atoms with E-state index in [2.05, 4.69) is 93.6 Å². The predicted molar refractivity (Wildman–Crippen MR) is 114 cm³/mol. The molecule has 0 nitrogen and oxygen atoms in total. The van der Waals surface area contributed by atoms with Crippen molar-refractivity contribution in [2.24, 2.45) is 0 Å². The van der Waals surface area contributed by atoms with Gasteiger partial charge in [-0.05, 0) is 44.6 Å². The van der Waals surface area contributed by atoms with Crippen molar-refractivity contribution in [2.45, 2.75) is 20.8 Å². The third-order valence-electron chi connectivity index (χ3n) is 3.88. The number of rotatable bonds is 3. The van der Waals surface area contributed by atoms with E-state index in [1.54, 1.807) is 0 Å². The van der Waals surface area contributed by atoms with E-state index >= 15 is 0 Å². The maximum Gasteiger partial charge on any atom is -0.0134 e. The Kier molecular flexibility index (Phi) is 7.97. The summed E-state index contributed by atoms with van der Waals surface area (Å²) in [6, 6.07) is 27.0. The molecule has 0 amide bonds. The Morgan fingerprint density at radius 3 is 0.833 bits per heavy atom. The van der Waals surface area contributed by atoms with Crippen LogP contribution in [0.1, 0.15) is 16.7 Å². The lowest BCUT2D eigenvalue weighted by molar-refractivity contribution is 1.48. The maximum atomic E-state index is 2.28. The maximum absolute atomic E-state index is 2.28. The van der Waals surface area contributed by atoms with E-state index in [4.69, 9.17) is 0 Å². The first-order valence-electron chi connectivity index (χ1n) is 7.63. The molecule has 3 aromatic rings. The monoisotopic (exact) mass is 376 g/mol. The Labute approximate surface area is 158 Å². The molecule has 0 fully saturated rings. The Morgan fingerprint density at radius 2 is 0.625 bits per heavy atom. The fourth-order valence-corrected chi connectivity index (χ4v) is 4.76. The molecular formula is C21H23Cl2P. The van der Waals surface area contributed by atoms with E-state index < -0.39 is 7.92 Å². The molecule has 0 bridgehead atoms. The molecule has 0 aliphatic heterocycles. The Balaban J connectivity index is 0.00000144. The van der Waals surface area contributed by atoms with Crippen LogP contribution in [0.5, 0.6) is 0 Å². The van der Waals surface area contributed by atoms with Gasteiger partial charge in [0, 0.05) is 0 Å². The molecule has 3 aromatic carbocycles. The molecule has 0 aliphatic carbocycles. The van der Waals surface area contributed by atoms with Crippen LogP contribution in [0, 0.1) is 20.8 Å². The quantitative estimate of drug-likeness (QED) is 0.550. The zero-order valence-electron chi connectivity index (χ0n) is 14.2. The van der Waals surface area contributed by atoms with E-state index in [-0.39, 0.29) is 24.8 Å². The highest BCUT2D eigenvalue weighted by atomic mass is 35.5. The van der Waals surface area contributed by atoms with Crippen molar-refractivity contribution in [1.29, 1.82) is 0 Å². The fourth-order valence-electron chi connectivity index (χ4n) is 2.53. The van der Waals surface area contributed by atoms with Crippen LogP contribution >= 0.6 is 32.7 Å². The predicted octanol–water partition coefficient (Wildman–Crippen LogP) is 5.21. The van der Waals surface area contributed by atoms with Gasteiger partial charge in [-0.2, -0.15) is 0 Å². The highest BCUT2D eigenvalue weighted by molar-refractivity contribution is 7.79. The van der Waals surface area contributed by atoms with Crippen molar-refractivity contribution in [3.05, 3.63) is 89.5 Å². The van der Waals surface area contributed by atoms with Crippen LogP contribution in [-0.2, 0) is 0 Å². The first-order chi connectivity index (χ1) is 10.6. The molecule has 0 spiro atoms. The fraction of sp³-hybridized carbons (Fsp3) is 0.143. The number of halogens is 2. The van der Waals surface area contributed by atoms with E-state index in [0.717, 1.165) is 0 Å². The zero-order valence-corrected chi connectivity index (χ0v) is 16.7. The number of benzene rings is 3. The van der Waals surface area contributed by atoms with E-state index in [1.807, 2.05) is 0 Å². The molecule has 0 saturated heterocycles. The molecule has 3 rings (SSSR count). The Morgan fingerprint density at radius 1 is 0.417 bits per heavy atom. The van der Waals surface area contributed by atoms with Crippen LogP contribution in [-0.4, -0.2) is 0 Å². The lowest BCUT2D eigenvalue weighted by Crippen LogP contribution is -2.20. The second-order valence-corrected chi connectivity index (χ2v) is 8.06. The van der Waals surface area contributed by atoms with Crippen molar-refractivity contribution in [1.82, 2.24) is 0 Å². The molecule has 0 heterocycles. The third kappa shape index (κ3) is 4.84. The van der Waals surface area contributed by atoms with Crippen molar-refractivity contribution in [3.63, 3.8) is 0 Å². The normalized spacial score (nSPS) is 10.0.